The first-order chi connectivity index (χ1) is 15.3. The van der Waals surface area contributed by atoms with Gasteiger partial charge < -0.3 is 19.5 Å². The predicted molar refractivity (Wildman–Crippen MR) is 116 cm³/mol. The van der Waals surface area contributed by atoms with Crippen LogP contribution in [0.5, 0.6) is 11.8 Å². The van der Waals surface area contributed by atoms with Crippen molar-refractivity contribution < 1.29 is 14.6 Å². The molecule has 31 heavy (non-hydrogen) atoms. The smallest absolute Gasteiger partial charge is 0.321 e. The summed E-state index contributed by atoms with van der Waals surface area (Å²) >= 11 is 0. The van der Waals surface area contributed by atoms with Crippen LogP contribution >= 0.6 is 0 Å². The Bertz CT molecular complexity index is 994. The van der Waals surface area contributed by atoms with E-state index in [1.807, 2.05) is 23.1 Å². The fourth-order valence-electron chi connectivity index (χ4n) is 2.88. The fourth-order valence-corrected chi connectivity index (χ4v) is 2.88. The van der Waals surface area contributed by atoms with Crippen LogP contribution < -0.4 is 15.1 Å². The Hall–Kier alpha value is -3.79. The number of benzene rings is 1. The minimum absolute atomic E-state index is 0.189. The molecule has 2 N–H and O–H groups in total. The van der Waals surface area contributed by atoms with Gasteiger partial charge in [-0.2, -0.15) is 20.1 Å². The molecule has 1 fully saturated rings. The van der Waals surface area contributed by atoms with Crippen LogP contribution in [0.15, 0.2) is 53.8 Å². The van der Waals surface area contributed by atoms with Crippen LogP contribution in [0.1, 0.15) is 11.5 Å². The second-order valence-electron chi connectivity index (χ2n) is 6.71. The summed E-state index contributed by atoms with van der Waals surface area (Å²) in [6.45, 7) is 3.02. The summed E-state index contributed by atoms with van der Waals surface area (Å²) in [5.41, 5.74) is 4.54. The third-order valence-corrected chi connectivity index (χ3v) is 4.47. The van der Waals surface area contributed by atoms with Gasteiger partial charge in [-0.05, 0) is 36.4 Å². The molecule has 4 rings (SSSR count). The van der Waals surface area contributed by atoms with E-state index in [0.717, 1.165) is 11.4 Å². The molecule has 0 unspecified atom stereocenters. The Morgan fingerprint density at radius 2 is 1.94 bits per heavy atom. The molecule has 0 amide bonds. The van der Waals surface area contributed by atoms with Crippen molar-refractivity contribution in [1.82, 2.24) is 19.9 Å². The number of anilines is 2. The number of hydrogen-bond acceptors (Lipinski definition) is 10. The third kappa shape index (κ3) is 6.09. The first-order valence-corrected chi connectivity index (χ1v) is 9.96. The maximum Gasteiger partial charge on any atom is 0.321 e. The normalized spacial score (nSPS) is 14.0. The fraction of sp³-hybridized carbons (Fsp3) is 0.286. The number of nitrogens with zero attached hydrogens (tertiary/aromatic N) is 6. The van der Waals surface area contributed by atoms with Gasteiger partial charge >= 0.3 is 6.01 Å². The molecule has 3 heterocycles. The average molecular weight is 421 g/mol. The summed E-state index contributed by atoms with van der Waals surface area (Å²) in [7, 11) is 0. The zero-order valence-electron chi connectivity index (χ0n) is 16.9. The van der Waals surface area contributed by atoms with E-state index in [1.54, 1.807) is 30.5 Å². The minimum atomic E-state index is 0.189. The number of aromatic hydroxyl groups is 1. The summed E-state index contributed by atoms with van der Waals surface area (Å²) in [6, 6.07) is 12.6. The van der Waals surface area contributed by atoms with Crippen LogP contribution in [0.25, 0.3) is 0 Å². The highest BCUT2D eigenvalue weighted by molar-refractivity contribution is 5.75. The lowest BCUT2D eigenvalue weighted by atomic mass is 10.3. The molecule has 10 heteroatoms. The Morgan fingerprint density at radius 3 is 2.71 bits per heavy atom. The standard InChI is InChI=1S/C21H23N7O3/c29-18-6-4-17(5-7-18)27-23-15-19-24-20(28-10-13-30-14-11-28)26-21(25-19)31-12-8-16-3-1-2-9-22-16/h1-7,9,15,27,29H,8,10-14H2. The van der Waals surface area contributed by atoms with E-state index in [-0.39, 0.29) is 11.8 Å². The lowest BCUT2D eigenvalue weighted by molar-refractivity contribution is 0.122. The number of hydrogen-bond donors (Lipinski definition) is 2. The molecular weight excluding hydrogens is 398 g/mol. The summed E-state index contributed by atoms with van der Waals surface area (Å²) < 4.78 is 11.2. The van der Waals surface area contributed by atoms with E-state index < -0.39 is 0 Å². The molecule has 0 atom stereocenters. The molecule has 0 bridgehead atoms. The van der Waals surface area contributed by atoms with E-state index in [1.165, 1.54) is 6.21 Å². The van der Waals surface area contributed by atoms with Gasteiger partial charge in [0.15, 0.2) is 5.82 Å². The quantitative estimate of drug-likeness (QED) is 0.319. The van der Waals surface area contributed by atoms with Gasteiger partial charge in [0.25, 0.3) is 0 Å². The molecule has 1 aliphatic heterocycles. The zero-order valence-corrected chi connectivity index (χ0v) is 16.9. The van der Waals surface area contributed by atoms with Crippen molar-refractivity contribution in [2.75, 3.05) is 43.2 Å². The predicted octanol–water partition coefficient (Wildman–Crippen LogP) is 1.88. The Labute approximate surface area is 179 Å². The Morgan fingerprint density at radius 1 is 1.10 bits per heavy atom. The molecule has 3 aromatic rings. The zero-order chi connectivity index (χ0) is 21.3. The van der Waals surface area contributed by atoms with Gasteiger partial charge in [-0.3, -0.25) is 10.4 Å². The minimum Gasteiger partial charge on any atom is -0.508 e. The van der Waals surface area contributed by atoms with Crippen molar-refractivity contribution in [1.29, 1.82) is 0 Å². The van der Waals surface area contributed by atoms with E-state index in [2.05, 4.69) is 30.5 Å². The highest BCUT2D eigenvalue weighted by atomic mass is 16.5. The van der Waals surface area contributed by atoms with Gasteiger partial charge in [0, 0.05) is 31.4 Å². The van der Waals surface area contributed by atoms with E-state index in [9.17, 15) is 5.11 Å². The van der Waals surface area contributed by atoms with Gasteiger partial charge in [0.2, 0.25) is 5.95 Å². The Balaban J connectivity index is 1.46. The number of phenols is 1. The number of aromatic nitrogens is 4. The van der Waals surface area contributed by atoms with Crippen molar-refractivity contribution in [2.45, 2.75) is 6.42 Å². The van der Waals surface area contributed by atoms with Crippen LogP contribution in [0.2, 0.25) is 0 Å². The number of nitrogens with one attached hydrogen (secondary N) is 1. The lowest BCUT2D eigenvalue weighted by Crippen LogP contribution is -2.37. The molecule has 160 valence electrons. The average Bonchev–Trinajstić information content (AvgIpc) is 2.82. The molecule has 1 aromatic carbocycles. The van der Waals surface area contributed by atoms with E-state index in [0.29, 0.717) is 51.1 Å². The molecule has 2 aromatic heterocycles. The number of ether oxygens (including phenoxy) is 2. The number of morpholine rings is 1. The number of pyridine rings is 1. The highest BCUT2D eigenvalue weighted by Gasteiger charge is 2.16. The maximum atomic E-state index is 9.36. The summed E-state index contributed by atoms with van der Waals surface area (Å²) in [4.78, 5) is 19.6. The number of rotatable bonds is 8. The summed E-state index contributed by atoms with van der Waals surface area (Å²) in [5.74, 6) is 1.09. The van der Waals surface area contributed by atoms with Crippen LogP contribution in [0.4, 0.5) is 11.6 Å². The maximum absolute atomic E-state index is 9.36. The first-order valence-electron chi connectivity index (χ1n) is 9.96. The third-order valence-electron chi connectivity index (χ3n) is 4.47. The first kappa shape index (κ1) is 20.5. The van der Waals surface area contributed by atoms with Gasteiger partial charge in [0.05, 0.1) is 31.7 Å². The SMILES string of the molecule is Oc1ccc(NN=Cc2nc(OCCc3ccccn3)nc(N3CCOCC3)n2)cc1. The molecular formula is C21H23N7O3. The van der Waals surface area contributed by atoms with Crippen LogP contribution in [0, 0.1) is 0 Å². The molecule has 0 saturated carbocycles. The summed E-state index contributed by atoms with van der Waals surface area (Å²) in [5, 5.41) is 13.5. The Kier molecular flexibility index (Phi) is 6.81. The van der Waals surface area contributed by atoms with Gasteiger partial charge in [-0.15, -0.1) is 0 Å². The second-order valence-corrected chi connectivity index (χ2v) is 6.71. The van der Waals surface area contributed by atoms with Crippen molar-refractivity contribution in [3.05, 3.63) is 60.2 Å². The van der Waals surface area contributed by atoms with Crippen molar-refractivity contribution in [3.8, 4) is 11.8 Å². The van der Waals surface area contributed by atoms with E-state index >= 15 is 0 Å². The molecule has 0 spiro atoms. The second kappa shape index (κ2) is 10.3. The lowest BCUT2D eigenvalue weighted by Gasteiger charge is -2.26. The molecule has 0 radical (unpaired) electrons. The van der Waals surface area contributed by atoms with Crippen LogP contribution in [-0.4, -0.2) is 64.2 Å². The highest BCUT2D eigenvalue weighted by Crippen LogP contribution is 2.15. The van der Waals surface area contributed by atoms with Crippen LogP contribution in [0.3, 0.4) is 0 Å². The van der Waals surface area contributed by atoms with Crippen LogP contribution in [-0.2, 0) is 11.2 Å². The molecule has 1 saturated heterocycles. The topological polar surface area (TPSA) is 118 Å². The monoisotopic (exact) mass is 421 g/mol. The largest absolute Gasteiger partial charge is 0.508 e. The van der Waals surface area contributed by atoms with Gasteiger partial charge in [-0.1, -0.05) is 6.07 Å². The number of phenolic OH excluding ortho intramolecular Hbond substituents is 1. The summed E-state index contributed by atoms with van der Waals surface area (Å²) in [6.07, 6.45) is 3.90. The number of hydrazone groups is 1. The molecule has 0 aliphatic carbocycles. The van der Waals surface area contributed by atoms with Crippen molar-refractivity contribution >= 4 is 17.9 Å². The van der Waals surface area contributed by atoms with Gasteiger partial charge in [-0.25, -0.2) is 0 Å². The van der Waals surface area contributed by atoms with E-state index in [4.69, 9.17) is 9.47 Å². The molecule has 10 nitrogen and oxygen atoms in total. The van der Waals surface area contributed by atoms with Crippen molar-refractivity contribution in [2.24, 2.45) is 5.10 Å². The van der Waals surface area contributed by atoms with Crippen molar-refractivity contribution in [3.63, 3.8) is 0 Å². The molecule has 1 aliphatic rings. The van der Waals surface area contributed by atoms with Gasteiger partial charge in [0.1, 0.15) is 5.75 Å².